The highest BCUT2D eigenvalue weighted by Crippen LogP contribution is 2.39. The monoisotopic (exact) mass is 382 g/mol. The maximum atomic E-state index is 14.3. The van der Waals surface area contributed by atoms with Gasteiger partial charge in [0.25, 0.3) is 0 Å². The molecule has 0 N–H and O–H groups in total. The number of unbranched alkanes of at least 4 members (excludes halogenated alkanes) is 2. The van der Waals surface area contributed by atoms with Crippen LogP contribution in [0.1, 0.15) is 69.8 Å². The predicted molar refractivity (Wildman–Crippen MR) is 99.4 cm³/mol. The quantitative estimate of drug-likeness (QED) is 0.367. The Morgan fingerprint density at radius 2 is 1.74 bits per heavy atom. The van der Waals surface area contributed by atoms with Crippen LogP contribution in [-0.4, -0.2) is 6.36 Å². The van der Waals surface area contributed by atoms with Crippen molar-refractivity contribution in [3.8, 4) is 5.75 Å². The largest absolute Gasteiger partial charge is 0.573 e. The topological polar surface area (TPSA) is 9.23 Å². The molecule has 0 spiro atoms. The van der Waals surface area contributed by atoms with Crippen molar-refractivity contribution in [3.05, 3.63) is 41.7 Å². The molecule has 0 unspecified atom stereocenters. The number of hydrogen-bond donors (Lipinski definition) is 0. The number of halogens is 4. The molecule has 2 aromatic carbocycles. The highest BCUT2D eigenvalue weighted by molar-refractivity contribution is 5.85. The lowest BCUT2D eigenvalue weighted by Crippen LogP contribution is -2.18. The summed E-state index contributed by atoms with van der Waals surface area (Å²) in [5, 5.41) is 0.776. The van der Waals surface area contributed by atoms with E-state index in [-0.39, 0.29) is 5.39 Å². The molecule has 5 heteroatoms. The van der Waals surface area contributed by atoms with E-state index < -0.39 is 17.9 Å². The first kappa shape index (κ1) is 20.0. The van der Waals surface area contributed by atoms with Gasteiger partial charge in [0, 0.05) is 5.39 Å². The van der Waals surface area contributed by atoms with Gasteiger partial charge in [-0.25, -0.2) is 4.39 Å². The van der Waals surface area contributed by atoms with Gasteiger partial charge in [0.2, 0.25) is 0 Å². The summed E-state index contributed by atoms with van der Waals surface area (Å²) in [6.07, 6.45) is 4.96. The second-order valence-corrected chi connectivity index (χ2v) is 7.62. The Labute approximate surface area is 157 Å². The Kier molecular flexibility index (Phi) is 6.28. The molecule has 1 nitrogen and oxygen atoms in total. The summed E-state index contributed by atoms with van der Waals surface area (Å²) in [6, 6.07) is 7.90. The fourth-order valence-corrected chi connectivity index (χ4v) is 4.22. The Morgan fingerprint density at radius 1 is 1.00 bits per heavy atom. The van der Waals surface area contributed by atoms with Gasteiger partial charge in [0.15, 0.2) is 11.6 Å². The normalized spacial score (nSPS) is 20.8. The van der Waals surface area contributed by atoms with Gasteiger partial charge in [0.05, 0.1) is 0 Å². The van der Waals surface area contributed by atoms with Crippen molar-refractivity contribution in [1.82, 2.24) is 0 Å². The molecule has 1 aliphatic rings. The summed E-state index contributed by atoms with van der Waals surface area (Å²) < 4.78 is 55.2. The third-order valence-electron chi connectivity index (χ3n) is 5.70. The van der Waals surface area contributed by atoms with Crippen molar-refractivity contribution < 1.29 is 22.3 Å². The number of alkyl halides is 3. The highest BCUT2D eigenvalue weighted by atomic mass is 19.4. The summed E-state index contributed by atoms with van der Waals surface area (Å²) in [4.78, 5) is 0. The van der Waals surface area contributed by atoms with E-state index in [1.54, 1.807) is 6.07 Å². The van der Waals surface area contributed by atoms with Crippen LogP contribution in [-0.2, 0) is 0 Å². The zero-order valence-electron chi connectivity index (χ0n) is 15.6. The molecule has 0 aliphatic heterocycles. The van der Waals surface area contributed by atoms with Crippen LogP contribution >= 0.6 is 0 Å². The van der Waals surface area contributed by atoms with Crippen LogP contribution in [0.15, 0.2) is 30.3 Å². The lowest BCUT2D eigenvalue weighted by atomic mass is 9.77. The van der Waals surface area contributed by atoms with Crippen LogP contribution in [0.25, 0.3) is 10.8 Å². The fourth-order valence-electron chi connectivity index (χ4n) is 4.22. The molecule has 0 saturated heterocycles. The van der Waals surface area contributed by atoms with E-state index in [9.17, 15) is 17.6 Å². The molecule has 27 heavy (non-hydrogen) atoms. The molecular weight excluding hydrogens is 356 g/mol. The second-order valence-electron chi connectivity index (χ2n) is 7.62. The Hall–Kier alpha value is -1.78. The maximum Gasteiger partial charge on any atom is 0.573 e. The van der Waals surface area contributed by atoms with Crippen LogP contribution in [0.2, 0.25) is 0 Å². The first-order chi connectivity index (χ1) is 12.9. The average Bonchev–Trinajstić information content (AvgIpc) is 2.64. The molecule has 1 saturated carbocycles. The van der Waals surface area contributed by atoms with Crippen molar-refractivity contribution in [2.75, 3.05) is 0 Å². The number of benzene rings is 2. The summed E-state index contributed by atoms with van der Waals surface area (Å²) in [6.45, 7) is 2.22. The van der Waals surface area contributed by atoms with Crippen molar-refractivity contribution in [1.29, 1.82) is 0 Å². The Bertz CT molecular complexity index is 761. The van der Waals surface area contributed by atoms with E-state index in [0.717, 1.165) is 30.4 Å². The molecule has 1 aliphatic carbocycles. The zero-order valence-corrected chi connectivity index (χ0v) is 15.6. The number of fused-ring (bicyclic) bond motifs is 1. The average molecular weight is 382 g/mol. The summed E-state index contributed by atoms with van der Waals surface area (Å²) in [5.41, 5.74) is 1.15. The van der Waals surface area contributed by atoms with Gasteiger partial charge < -0.3 is 4.74 Å². The molecule has 0 amide bonds. The number of rotatable bonds is 6. The van der Waals surface area contributed by atoms with Crippen molar-refractivity contribution in [2.24, 2.45) is 5.92 Å². The lowest BCUT2D eigenvalue weighted by Gasteiger charge is -2.29. The van der Waals surface area contributed by atoms with E-state index in [0.29, 0.717) is 11.3 Å². The Morgan fingerprint density at radius 3 is 2.41 bits per heavy atom. The van der Waals surface area contributed by atoms with E-state index in [2.05, 4.69) is 11.7 Å². The molecule has 3 rings (SSSR count). The van der Waals surface area contributed by atoms with E-state index in [1.165, 1.54) is 44.6 Å². The first-order valence-electron chi connectivity index (χ1n) is 9.85. The number of ether oxygens (including phenoxy) is 1. The first-order valence-corrected chi connectivity index (χ1v) is 9.85. The van der Waals surface area contributed by atoms with Gasteiger partial charge in [-0.3, -0.25) is 0 Å². The lowest BCUT2D eigenvalue weighted by molar-refractivity contribution is -0.275. The third kappa shape index (κ3) is 5.14. The molecule has 2 aromatic rings. The SMILES string of the molecule is CCCCC[C@H]1CC[C@H](c2ccc3c(F)c(OC(F)(F)F)ccc3c2)CC1. The van der Waals surface area contributed by atoms with Gasteiger partial charge in [0.1, 0.15) is 0 Å². The zero-order chi connectivity index (χ0) is 19.4. The maximum absolute atomic E-state index is 14.3. The molecule has 0 aromatic heterocycles. The minimum absolute atomic E-state index is 0.161. The van der Waals surface area contributed by atoms with Crippen LogP contribution in [0, 0.1) is 11.7 Å². The van der Waals surface area contributed by atoms with E-state index >= 15 is 0 Å². The van der Waals surface area contributed by atoms with Crippen LogP contribution in [0.4, 0.5) is 17.6 Å². The molecular formula is C22H26F4O. The molecule has 1 fully saturated rings. The third-order valence-corrected chi connectivity index (χ3v) is 5.70. The summed E-state index contributed by atoms with van der Waals surface area (Å²) in [5.74, 6) is -0.481. The highest BCUT2D eigenvalue weighted by Gasteiger charge is 2.32. The van der Waals surface area contributed by atoms with Gasteiger partial charge in [-0.15, -0.1) is 13.2 Å². The molecule has 148 valence electrons. The van der Waals surface area contributed by atoms with Gasteiger partial charge in [-0.2, -0.15) is 0 Å². The fraction of sp³-hybridized carbons (Fsp3) is 0.545. The molecule has 0 atom stereocenters. The molecule has 0 bridgehead atoms. The molecule has 0 heterocycles. The smallest absolute Gasteiger partial charge is 0.403 e. The molecule has 0 radical (unpaired) electrons. The van der Waals surface area contributed by atoms with Crippen LogP contribution in [0.5, 0.6) is 5.75 Å². The summed E-state index contributed by atoms with van der Waals surface area (Å²) >= 11 is 0. The van der Waals surface area contributed by atoms with Crippen LogP contribution < -0.4 is 4.74 Å². The van der Waals surface area contributed by atoms with Crippen molar-refractivity contribution >= 4 is 10.8 Å². The van der Waals surface area contributed by atoms with Gasteiger partial charge in [-0.05, 0) is 54.5 Å². The van der Waals surface area contributed by atoms with E-state index in [1.807, 2.05) is 12.1 Å². The minimum Gasteiger partial charge on any atom is -0.403 e. The standard InChI is InChI=1S/C22H26F4O/c1-2-3-4-5-15-6-8-16(9-7-15)17-10-12-19-18(14-17)11-13-20(21(19)23)27-22(24,25)26/h10-16H,2-9H2,1H3/t15-,16-. The van der Waals surface area contributed by atoms with Crippen LogP contribution in [0.3, 0.4) is 0 Å². The van der Waals surface area contributed by atoms with E-state index in [4.69, 9.17) is 0 Å². The summed E-state index contributed by atoms with van der Waals surface area (Å²) in [7, 11) is 0. The Balaban J connectivity index is 1.70. The van der Waals surface area contributed by atoms with Gasteiger partial charge in [-0.1, -0.05) is 56.9 Å². The van der Waals surface area contributed by atoms with Crippen molar-refractivity contribution in [2.45, 2.75) is 70.6 Å². The van der Waals surface area contributed by atoms with Gasteiger partial charge >= 0.3 is 6.36 Å². The van der Waals surface area contributed by atoms with Crippen molar-refractivity contribution in [3.63, 3.8) is 0 Å². The number of hydrogen-bond acceptors (Lipinski definition) is 1. The minimum atomic E-state index is -4.90. The second kappa shape index (κ2) is 8.49. The predicted octanol–water partition coefficient (Wildman–Crippen LogP) is 7.73.